The number of nitrogens with one attached hydrogen (secondary N) is 1. The molecule has 0 saturated carbocycles. The molecule has 0 fully saturated rings. The summed E-state index contributed by atoms with van der Waals surface area (Å²) in [7, 11) is 3.41. The number of H-pyrrole nitrogens is 1. The first kappa shape index (κ1) is 17.1. The SMILES string of the molecule is CCCCN(C)C(=O)CCc1cc2ccc(OC)cc2[nH]c1=O. The molecule has 0 bridgehead atoms. The second-order valence-electron chi connectivity index (χ2n) is 5.75. The van der Waals surface area contributed by atoms with Crippen LogP contribution in [0.5, 0.6) is 5.75 Å². The molecule has 2 rings (SSSR count). The Morgan fingerprint density at radius 1 is 1.30 bits per heavy atom. The van der Waals surface area contributed by atoms with Crippen molar-refractivity contribution in [3.05, 3.63) is 40.2 Å². The van der Waals surface area contributed by atoms with Crippen LogP contribution < -0.4 is 10.3 Å². The third-order valence-electron chi connectivity index (χ3n) is 4.01. The molecule has 0 aliphatic rings. The largest absolute Gasteiger partial charge is 0.497 e. The van der Waals surface area contributed by atoms with E-state index in [1.807, 2.05) is 25.2 Å². The average molecular weight is 316 g/mol. The number of carbonyl (C=O) groups is 1. The van der Waals surface area contributed by atoms with Crippen LogP contribution in [-0.2, 0) is 11.2 Å². The molecule has 1 aromatic carbocycles. The molecule has 0 spiro atoms. The molecule has 0 unspecified atom stereocenters. The van der Waals surface area contributed by atoms with Crippen molar-refractivity contribution in [2.24, 2.45) is 0 Å². The average Bonchev–Trinajstić information content (AvgIpc) is 2.56. The van der Waals surface area contributed by atoms with Gasteiger partial charge in [-0.2, -0.15) is 0 Å². The van der Waals surface area contributed by atoms with Crippen LogP contribution in [-0.4, -0.2) is 36.5 Å². The van der Waals surface area contributed by atoms with Gasteiger partial charge in [0.15, 0.2) is 0 Å². The van der Waals surface area contributed by atoms with Crippen LogP contribution >= 0.6 is 0 Å². The number of hydrogen-bond acceptors (Lipinski definition) is 3. The maximum absolute atomic E-state index is 12.2. The number of aromatic amines is 1. The molecule has 0 aliphatic carbocycles. The third-order valence-corrected chi connectivity index (χ3v) is 4.01. The number of methoxy groups -OCH3 is 1. The van der Waals surface area contributed by atoms with E-state index in [2.05, 4.69) is 11.9 Å². The fourth-order valence-electron chi connectivity index (χ4n) is 2.49. The number of aromatic nitrogens is 1. The highest BCUT2D eigenvalue weighted by Crippen LogP contribution is 2.18. The molecular formula is C18H24N2O3. The van der Waals surface area contributed by atoms with Crippen molar-refractivity contribution in [2.75, 3.05) is 20.7 Å². The molecule has 0 radical (unpaired) electrons. The summed E-state index contributed by atoms with van der Waals surface area (Å²) in [6.07, 6.45) is 2.86. The Hall–Kier alpha value is -2.30. The van der Waals surface area contributed by atoms with E-state index in [0.717, 1.165) is 30.3 Å². The van der Waals surface area contributed by atoms with Gasteiger partial charge in [0.1, 0.15) is 5.75 Å². The van der Waals surface area contributed by atoms with Crippen molar-refractivity contribution in [1.29, 1.82) is 0 Å². The van der Waals surface area contributed by atoms with Crippen molar-refractivity contribution in [3.8, 4) is 5.75 Å². The minimum Gasteiger partial charge on any atom is -0.497 e. The number of carbonyl (C=O) groups excluding carboxylic acids is 1. The fraction of sp³-hybridized carbons (Fsp3) is 0.444. The smallest absolute Gasteiger partial charge is 0.251 e. The van der Waals surface area contributed by atoms with Crippen molar-refractivity contribution < 1.29 is 9.53 Å². The summed E-state index contributed by atoms with van der Waals surface area (Å²) in [4.78, 5) is 28.8. The van der Waals surface area contributed by atoms with E-state index in [1.54, 1.807) is 18.1 Å². The second kappa shape index (κ2) is 7.81. The first-order valence-corrected chi connectivity index (χ1v) is 7.99. The molecule has 1 heterocycles. The number of benzene rings is 1. The number of fused-ring (bicyclic) bond motifs is 1. The lowest BCUT2D eigenvalue weighted by molar-refractivity contribution is -0.129. The molecule has 5 nitrogen and oxygen atoms in total. The number of rotatable bonds is 7. The first-order valence-electron chi connectivity index (χ1n) is 7.99. The van der Waals surface area contributed by atoms with Gasteiger partial charge < -0.3 is 14.6 Å². The Bertz CT molecular complexity index is 737. The van der Waals surface area contributed by atoms with E-state index in [4.69, 9.17) is 4.74 Å². The van der Waals surface area contributed by atoms with Crippen LogP contribution in [0.2, 0.25) is 0 Å². The lowest BCUT2D eigenvalue weighted by atomic mass is 10.1. The predicted molar refractivity (Wildman–Crippen MR) is 92.0 cm³/mol. The molecule has 1 N–H and O–H groups in total. The zero-order valence-electron chi connectivity index (χ0n) is 14.0. The Kier molecular flexibility index (Phi) is 5.79. The molecule has 0 atom stereocenters. The standard InChI is InChI=1S/C18H24N2O3/c1-4-5-10-20(2)17(21)9-7-14-11-13-6-8-15(23-3)12-16(13)19-18(14)22/h6,8,11-12H,4-5,7,9-10H2,1-3H3,(H,19,22). The van der Waals surface area contributed by atoms with Crippen LogP contribution in [0.3, 0.4) is 0 Å². The van der Waals surface area contributed by atoms with Gasteiger partial charge in [0.2, 0.25) is 5.91 Å². The summed E-state index contributed by atoms with van der Waals surface area (Å²) in [5.74, 6) is 0.779. The molecule has 0 saturated heterocycles. The number of hydrogen-bond donors (Lipinski definition) is 1. The normalized spacial score (nSPS) is 10.7. The Morgan fingerprint density at radius 2 is 2.09 bits per heavy atom. The van der Waals surface area contributed by atoms with Gasteiger partial charge in [-0.15, -0.1) is 0 Å². The van der Waals surface area contributed by atoms with Crippen LogP contribution in [0, 0.1) is 0 Å². The quantitative estimate of drug-likeness (QED) is 0.854. The van der Waals surface area contributed by atoms with Gasteiger partial charge in [0.25, 0.3) is 5.56 Å². The monoisotopic (exact) mass is 316 g/mol. The Labute approximate surface area is 136 Å². The van der Waals surface area contributed by atoms with Crippen molar-refractivity contribution in [2.45, 2.75) is 32.6 Å². The predicted octanol–water partition coefficient (Wildman–Crippen LogP) is 2.73. The maximum Gasteiger partial charge on any atom is 0.251 e. The zero-order chi connectivity index (χ0) is 16.8. The van der Waals surface area contributed by atoms with Gasteiger partial charge >= 0.3 is 0 Å². The molecule has 2 aromatic rings. The third kappa shape index (κ3) is 4.34. The number of ether oxygens (including phenoxy) is 1. The molecule has 1 aromatic heterocycles. The van der Waals surface area contributed by atoms with Gasteiger partial charge in [-0.1, -0.05) is 13.3 Å². The highest BCUT2D eigenvalue weighted by molar-refractivity contribution is 5.81. The van der Waals surface area contributed by atoms with Gasteiger partial charge in [-0.3, -0.25) is 9.59 Å². The van der Waals surface area contributed by atoms with Crippen molar-refractivity contribution >= 4 is 16.8 Å². The van der Waals surface area contributed by atoms with Crippen molar-refractivity contribution in [3.63, 3.8) is 0 Å². The summed E-state index contributed by atoms with van der Waals surface area (Å²) in [5.41, 5.74) is 1.24. The fourth-order valence-corrected chi connectivity index (χ4v) is 2.49. The van der Waals surface area contributed by atoms with E-state index in [-0.39, 0.29) is 11.5 Å². The lowest BCUT2D eigenvalue weighted by Crippen LogP contribution is -2.28. The minimum atomic E-state index is -0.144. The molecule has 1 amide bonds. The first-order chi connectivity index (χ1) is 11.0. The van der Waals surface area contributed by atoms with Crippen LogP contribution in [0.15, 0.2) is 29.1 Å². The number of pyridine rings is 1. The topological polar surface area (TPSA) is 62.4 Å². The van der Waals surface area contributed by atoms with Crippen molar-refractivity contribution in [1.82, 2.24) is 9.88 Å². The lowest BCUT2D eigenvalue weighted by Gasteiger charge is -2.16. The number of nitrogens with zero attached hydrogens (tertiary/aromatic N) is 1. The summed E-state index contributed by atoms with van der Waals surface area (Å²) >= 11 is 0. The van der Waals surface area contributed by atoms with E-state index in [0.29, 0.717) is 24.2 Å². The van der Waals surface area contributed by atoms with E-state index < -0.39 is 0 Å². The highest BCUT2D eigenvalue weighted by Gasteiger charge is 2.10. The van der Waals surface area contributed by atoms with Crippen LogP contribution in [0.25, 0.3) is 10.9 Å². The maximum atomic E-state index is 12.2. The summed E-state index contributed by atoms with van der Waals surface area (Å²) in [6, 6.07) is 7.41. The van der Waals surface area contributed by atoms with E-state index in [1.165, 1.54) is 0 Å². The van der Waals surface area contributed by atoms with E-state index >= 15 is 0 Å². The molecule has 124 valence electrons. The Balaban J connectivity index is 2.10. The zero-order valence-corrected chi connectivity index (χ0v) is 14.0. The minimum absolute atomic E-state index is 0.0766. The van der Waals surface area contributed by atoms with Gasteiger partial charge in [-0.25, -0.2) is 0 Å². The van der Waals surface area contributed by atoms with E-state index in [9.17, 15) is 9.59 Å². The summed E-state index contributed by atoms with van der Waals surface area (Å²) in [5, 5.41) is 0.937. The molecule has 5 heteroatoms. The number of amides is 1. The van der Waals surface area contributed by atoms with Gasteiger partial charge in [0, 0.05) is 31.6 Å². The highest BCUT2D eigenvalue weighted by atomic mass is 16.5. The second-order valence-corrected chi connectivity index (χ2v) is 5.75. The summed E-state index contributed by atoms with van der Waals surface area (Å²) < 4.78 is 5.16. The number of aryl methyl sites for hydroxylation is 1. The van der Waals surface area contributed by atoms with Gasteiger partial charge in [-0.05, 0) is 36.4 Å². The van der Waals surface area contributed by atoms with Gasteiger partial charge in [0.05, 0.1) is 12.6 Å². The summed E-state index contributed by atoms with van der Waals surface area (Å²) in [6.45, 7) is 2.87. The molecule has 23 heavy (non-hydrogen) atoms. The molecule has 0 aliphatic heterocycles. The molecular weight excluding hydrogens is 292 g/mol. The number of unbranched alkanes of at least 4 members (excludes halogenated alkanes) is 1. The van der Waals surface area contributed by atoms with Crippen LogP contribution in [0.1, 0.15) is 31.7 Å². The van der Waals surface area contributed by atoms with Crippen LogP contribution in [0.4, 0.5) is 0 Å². The Morgan fingerprint density at radius 3 is 2.78 bits per heavy atom.